The lowest BCUT2D eigenvalue weighted by molar-refractivity contribution is -0.136. The van der Waals surface area contributed by atoms with Gasteiger partial charge in [-0.25, -0.2) is 0 Å². The third-order valence-corrected chi connectivity index (χ3v) is 7.17. The van der Waals surface area contributed by atoms with Crippen LogP contribution in [0.4, 0.5) is 0 Å². The summed E-state index contributed by atoms with van der Waals surface area (Å²) in [5.74, 6) is 1.06. The first-order valence-corrected chi connectivity index (χ1v) is 11.2. The summed E-state index contributed by atoms with van der Waals surface area (Å²) in [5.41, 5.74) is 7.63. The fourth-order valence-electron chi connectivity index (χ4n) is 5.42. The highest BCUT2D eigenvalue weighted by Gasteiger charge is 2.40. The number of amides is 2. The van der Waals surface area contributed by atoms with Gasteiger partial charge in [-0.2, -0.15) is 0 Å². The van der Waals surface area contributed by atoms with E-state index in [1.165, 1.54) is 12.0 Å². The van der Waals surface area contributed by atoms with Crippen LogP contribution in [-0.4, -0.2) is 60.4 Å². The van der Waals surface area contributed by atoms with Crippen molar-refractivity contribution in [3.8, 4) is 0 Å². The predicted molar refractivity (Wildman–Crippen MR) is 113 cm³/mol. The van der Waals surface area contributed by atoms with Gasteiger partial charge in [-0.3, -0.25) is 14.5 Å². The van der Waals surface area contributed by atoms with Crippen LogP contribution in [0.5, 0.6) is 0 Å². The van der Waals surface area contributed by atoms with Crippen LogP contribution in [0.15, 0.2) is 30.3 Å². The summed E-state index contributed by atoms with van der Waals surface area (Å²) in [6, 6.07) is 10.7. The van der Waals surface area contributed by atoms with Crippen molar-refractivity contribution in [2.45, 2.75) is 44.7 Å². The summed E-state index contributed by atoms with van der Waals surface area (Å²) >= 11 is 0. The summed E-state index contributed by atoms with van der Waals surface area (Å²) in [7, 11) is 0. The Bertz CT molecular complexity index is 688. The van der Waals surface area contributed by atoms with E-state index in [0.717, 1.165) is 58.4 Å². The Balaban J connectivity index is 1.19. The van der Waals surface area contributed by atoms with E-state index < -0.39 is 0 Å². The molecule has 2 aliphatic carbocycles. The molecule has 2 unspecified atom stereocenters. The van der Waals surface area contributed by atoms with Crippen molar-refractivity contribution in [2.75, 3.05) is 32.7 Å². The fraction of sp³-hybridized carbons (Fsp3) is 0.652. The predicted octanol–water partition coefficient (Wildman–Crippen LogP) is 1.60. The molecule has 29 heavy (non-hydrogen) atoms. The zero-order valence-corrected chi connectivity index (χ0v) is 17.3. The molecule has 1 aromatic rings. The van der Waals surface area contributed by atoms with Crippen molar-refractivity contribution in [1.82, 2.24) is 15.1 Å². The number of fused-ring (bicyclic) bond motifs is 2. The van der Waals surface area contributed by atoms with Crippen LogP contribution in [0.1, 0.15) is 37.7 Å². The van der Waals surface area contributed by atoms with Gasteiger partial charge in [0.1, 0.15) is 0 Å². The van der Waals surface area contributed by atoms with Crippen molar-refractivity contribution in [3.63, 3.8) is 0 Å². The standard InChI is InChI=1S/C23H34N4O2/c24-22-18-7-4-8-19(22)14-20(13-18)23(29)25-15-21(28)27-11-9-26(10-12-27)16-17-5-2-1-3-6-17/h1-3,5-6,18-20,22H,4,7-16,24H2,(H,25,29). The molecule has 0 spiro atoms. The molecule has 2 bridgehead atoms. The number of nitrogens with one attached hydrogen (secondary N) is 1. The summed E-state index contributed by atoms with van der Waals surface area (Å²) < 4.78 is 0. The second-order valence-corrected chi connectivity index (χ2v) is 9.06. The number of nitrogens with zero attached hydrogens (tertiary/aromatic N) is 2. The second-order valence-electron chi connectivity index (χ2n) is 9.06. The molecule has 2 amide bonds. The van der Waals surface area contributed by atoms with Gasteiger partial charge in [-0.15, -0.1) is 0 Å². The highest BCUT2D eigenvalue weighted by Crippen LogP contribution is 2.41. The van der Waals surface area contributed by atoms with Crippen molar-refractivity contribution in [2.24, 2.45) is 23.5 Å². The number of rotatable bonds is 5. The first kappa shape index (κ1) is 20.4. The molecular weight excluding hydrogens is 364 g/mol. The van der Waals surface area contributed by atoms with Gasteiger partial charge < -0.3 is 16.0 Å². The number of nitrogens with two attached hydrogens (primary N) is 1. The Kier molecular flexibility index (Phi) is 6.50. The average molecular weight is 399 g/mol. The van der Waals surface area contributed by atoms with E-state index in [0.29, 0.717) is 11.8 Å². The third kappa shape index (κ3) is 4.98. The van der Waals surface area contributed by atoms with Crippen molar-refractivity contribution in [1.29, 1.82) is 0 Å². The molecule has 1 saturated heterocycles. The first-order valence-electron chi connectivity index (χ1n) is 11.2. The van der Waals surface area contributed by atoms with Crippen LogP contribution in [0, 0.1) is 17.8 Å². The van der Waals surface area contributed by atoms with Gasteiger partial charge in [0.05, 0.1) is 6.54 Å². The Morgan fingerprint density at radius 2 is 1.66 bits per heavy atom. The van der Waals surface area contributed by atoms with Crippen LogP contribution in [0.2, 0.25) is 0 Å². The highest BCUT2D eigenvalue weighted by molar-refractivity contribution is 5.86. The average Bonchev–Trinajstić information content (AvgIpc) is 2.73. The van der Waals surface area contributed by atoms with Gasteiger partial charge in [0.2, 0.25) is 11.8 Å². The van der Waals surface area contributed by atoms with Crippen molar-refractivity contribution < 1.29 is 9.59 Å². The molecule has 0 aromatic heterocycles. The van der Waals surface area contributed by atoms with Crippen molar-refractivity contribution >= 4 is 11.8 Å². The zero-order chi connectivity index (χ0) is 20.2. The van der Waals surface area contributed by atoms with Crippen LogP contribution in [0.3, 0.4) is 0 Å². The number of carbonyl (C=O) groups excluding carboxylic acids is 2. The Labute approximate surface area is 173 Å². The van der Waals surface area contributed by atoms with Gasteiger partial charge >= 0.3 is 0 Å². The largest absolute Gasteiger partial charge is 0.347 e. The Morgan fingerprint density at radius 1 is 1.00 bits per heavy atom. The first-order chi connectivity index (χ1) is 14.1. The normalized spacial score (nSPS) is 30.0. The topological polar surface area (TPSA) is 78.7 Å². The Hall–Kier alpha value is -1.92. The molecule has 2 atom stereocenters. The van der Waals surface area contributed by atoms with Crippen molar-refractivity contribution in [3.05, 3.63) is 35.9 Å². The summed E-state index contributed by atoms with van der Waals surface area (Å²) in [5, 5.41) is 2.92. The molecule has 3 aliphatic rings. The van der Waals surface area contributed by atoms with E-state index in [9.17, 15) is 9.59 Å². The second kappa shape index (κ2) is 9.26. The minimum Gasteiger partial charge on any atom is -0.347 e. The smallest absolute Gasteiger partial charge is 0.242 e. The maximum atomic E-state index is 12.6. The summed E-state index contributed by atoms with van der Waals surface area (Å²) in [6.45, 7) is 4.24. The molecule has 0 radical (unpaired) electrons. The quantitative estimate of drug-likeness (QED) is 0.790. The van der Waals surface area contributed by atoms with Crippen LogP contribution < -0.4 is 11.1 Å². The summed E-state index contributed by atoms with van der Waals surface area (Å²) in [4.78, 5) is 29.5. The van der Waals surface area contributed by atoms with Gasteiger partial charge in [0.25, 0.3) is 0 Å². The highest BCUT2D eigenvalue weighted by atomic mass is 16.2. The van der Waals surface area contributed by atoms with Crippen LogP contribution in [-0.2, 0) is 16.1 Å². The lowest BCUT2D eigenvalue weighted by atomic mass is 9.65. The van der Waals surface area contributed by atoms with E-state index in [4.69, 9.17) is 5.73 Å². The molecule has 1 aromatic carbocycles. The molecule has 3 fully saturated rings. The van der Waals surface area contributed by atoms with Crippen LogP contribution in [0.25, 0.3) is 0 Å². The molecule has 1 heterocycles. The van der Waals surface area contributed by atoms with Gasteiger partial charge in [-0.1, -0.05) is 36.8 Å². The maximum absolute atomic E-state index is 12.6. The third-order valence-electron chi connectivity index (χ3n) is 7.17. The van der Waals surface area contributed by atoms with Gasteiger partial charge in [0.15, 0.2) is 0 Å². The van der Waals surface area contributed by atoms with E-state index in [-0.39, 0.29) is 30.3 Å². The number of carbonyl (C=O) groups is 2. The lowest BCUT2D eigenvalue weighted by Crippen LogP contribution is -2.52. The van der Waals surface area contributed by atoms with Crippen LogP contribution >= 0.6 is 0 Å². The minimum absolute atomic E-state index is 0.0284. The summed E-state index contributed by atoms with van der Waals surface area (Å²) in [6.07, 6.45) is 5.30. The minimum atomic E-state index is 0.0284. The zero-order valence-electron chi connectivity index (χ0n) is 17.3. The molecule has 6 heteroatoms. The fourth-order valence-corrected chi connectivity index (χ4v) is 5.42. The monoisotopic (exact) mass is 398 g/mol. The van der Waals surface area contributed by atoms with E-state index in [1.807, 2.05) is 11.0 Å². The van der Waals surface area contributed by atoms with E-state index >= 15 is 0 Å². The molecule has 158 valence electrons. The number of hydrogen-bond donors (Lipinski definition) is 2. The van der Waals surface area contributed by atoms with Gasteiger partial charge in [0, 0.05) is 44.7 Å². The van der Waals surface area contributed by atoms with E-state index in [1.54, 1.807) is 0 Å². The number of benzene rings is 1. The molecule has 3 N–H and O–H groups in total. The SMILES string of the molecule is NC1C2CCCC1CC(C(=O)NCC(=O)N1CCN(Cc3ccccc3)CC1)C2. The van der Waals surface area contributed by atoms with Gasteiger partial charge in [-0.05, 0) is 43.1 Å². The number of piperazine rings is 1. The molecular formula is C23H34N4O2. The Morgan fingerprint density at radius 3 is 2.31 bits per heavy atom. The molecule has 1 aliphatic heterocycles. The van der Waals surface area contributed by atoms with E-state index in [2.05, 4.69) is 34.5 Å². The lowest BCUT2D eigenvalue weighted by Gasteiger charge is -2.43. The molecule has 4 rings (SSSR count). The maximum Gasteiger partial charge on any atom is 0.242 e. The molecule has 2 saturated carbocycles. The number of hydrogen-bond acceptors (Lipinski definition) is 4. The molecule has 6 nitrogen and oxygen atoms in total.